The second-order valence-electron chi connectivity index (χ2n) is 9.90. The highest BCUT2D eigenvalue weighted by Crippen LogP contribution is 2.56. The predicted molar refractivity (Wildman–Crippen MR) is 137 cm³/mol. The van der Waals surface area contributed by atoms with Crippen LogP contribution in [-0.2, 0) is 17.5 Å². The van der Waals surface area contributed by atoms with E-state index >= 15 is 4.39 Å². The molecule has 18 heteroatoms. The van der Waals surface area contributed by atoms with Crippen LogP contribution in [0.3, 0.4) is 0 Å². The van der Waals surface area contributed by atoms with E-state index < -0.39 is 53.1 Å². The Kier molecular flexibility index (Phi) is 8.66. The van der Waals surface area contributed by atoms with Crippen molar-refractivity contribution in [2.75, 3.05) is 20.3 Å². The Morgan fingerprint density at radius 3 is 2.34 bits per heavy atom. The van der Waals surface area contributed by atoms with Crippen LogP contribution in [0.15, 0.2) is 30.6 Å². The van der Waals surface area contributed by atoms with E-state index in [1.165, 1.54) is 30.2 Å². The van der Waals surface area contributed by atoms with Gasteiger partial charge in [0.1, 0.15) is 5.54 Å². The van der Waals surface area contributed by atoms with Crippen molar-refractivity contribution in [3.05, 3.63) is 46.9 Å². The number of ether oxygens (including phenoxy) is 2. The van der Waals surface area contributed by atoms with Crippen molar-refractivity contribution in [2.24, 2.45) is 7.05 Å². The van der Waals surface area contributed by atoms with Crippen LogP contribution in [0.2, 0.25) is 5.02 Å². The molecule has 0 radical (unpaired) electrons. The average Bonchev–Trinajstić information content (AvgIpc) is 3.45. The third-order valence-electron chi connectivity index (χ3n) is 6.90. The molecule has 1 aliphatic carbocycles. The van der Waals surface area contributed by atoms with Gasteiger partial charge in [-0.2, -0.15) is 41.8 Å². The van der Waals surface area contributed by atoms with E-state index in [2.05, 4.69) is 21.0 Å². The Morgan fingerprint density at radius 1 is 1.18 bits per heavy atom. The minimum atomic E-state index is -6.54. The maximum atomic E-state index is 15.0. The first-order chi connectivity index (χ1) is 20.4. The Bertz CT molecular complexity index is 1580. The number of hydrogen-bond donors (Lipinski definition) is 0. The lowest BCUT2D eigenvalue weighted by Crippen LogP contribution is -2.51. The molecule has 0 N–H and O–H groups in total. The quantitative estimate of drug-likeness (QED) is 0.247. The van der Waals surface area contributed by atoms with Gasteiger partial charge in [0.05, 0.1) is 29.5 Å². The highest BCUT2D eigenvalue weighted by atomic mass is 35.5. The Morgan fingerprint density at radius 2 is 1.82 bits per heavy atom. The summed E-state index contributed by atoms with van der Waals surface area (Å²) in [6.45, 7) is 0.888. The first-order valence-corrected chi connectivity index (χ1v) is 13.1. The van der Waals surface area contributed by atoms with Crippen LogP contribution in [0, 0.1) is 11.3 Å². The molecule has 44 heavy (non-hydrogen) atoms. The average molecular weight is 655 g/mol. The number of nitrogens with zero attached hydrogens (tertiary/aromatic N) is 6. The second kappa shape index (κ2) is 11.5. The van der Waals surface area contributed by atoms with Gasteiger partial charge < -0.3 is 14.4 Å². The van der Waals surface area contributed by atoms with E-state index in [-0.39, 0.29) is 34.9 Å². The summed E-state index contributed by atoms with van der Waals surface area (Å²) in [6, 6.07) is 6.31. The summed E-state index contributed by atoms with van der Waals surface area (Å²) < 4.78 is 121. The summed E-state index contributed by atoms with van der Waals surface area (Å²) in [6.07, 6.45) is -12.4. The fourth-order valence-corrected chi connectivity index (χ4v) is 4.73. The highest BCUT2D eigenvalue weighted by molar-refractivity contribution is 6.34. The van der Waals surface area contributed by atoms with Crippen molar-refractivity contribution in [2.45, 2.75) is 49.7 Å². The van der Waals surface area contributed by atoms with E-state index in [0.717, 1.165) is 19.4 Å². The molecule has 1 saturated carbocycles. The fraction of sp³-hybridized carbons (Fsp3) is 0.462. The number of benzene rings is 1. The molecule has 4 rings (SSSR count). The molecule has 1 aliphatic rings. The summed E-state index contributed by atoms with van der Waals surface area (Å²) in [5.41, 5.74) is -8.88. The molecule has 2 heterocycles. The molecule has 9 nitrogen and oxygen atoms in total. The SMILES string of the molecule is COCCN(C(=O)c1cc(-c2cnn(-c3c(OC(C)F)c(C(F)(C(F)(F)F)C(F)(F)F)nn3C)c2)ccc1Cl)C1(C#N)CC1. The number of methoxy groups -OCH3 is 1. The molecule has 1 amide bonds. The summed E-state index contributed by atoms with van der Waals surface area (Å²) in [4.78, 5) is 14.9. The van der Waals surface area contributed by atoms with Gasteiger partial charge in [-0.05, 0) is 30.5 Å². The Labute approximate surface area is 249 Å². The molecule has 0 aliphatic heterocycles. The number of alkyl halides is 8. The standard InChI is InChI=1S/C26H23ClF8N6O3/c1-14(28)44-19-20(24(29,25(30,31)32)26(33,34)35)38-39(2)21(19)41-12-16(11-37-41)15-4-5-18(27)17(10-15)22(42)40(8-9-43-3)23(13-36)6-7-23/h4-5,10-12,14H,6-9H2,1-3H3. The van der Waals surface area contributed by atoms with E-state index in [9.17, 15) is 40.8 Å². The normalized spacial score (nSPS) is 15.5. The topological polar surface area (TPSA) is 98.2 Å². The maximum Gasteiger partial charge on any atom is 0.437 e. The van der Waals surface area contributed by atoms with Crippen LogP contribution in [0.25, 0.3) is 16.9 Å². The van der Waals surface area contributed by atoms with Crippen molar-refractivity contribution in [1.29, 1.82) is 5.26 Å². The van der Waals surface area contributed by atoms with E-state index in [1.54, 1.807) is 0 Å². The number of halogens is 9. The number of nitriles is 1. The predicted octanol–water partition coefficient (Wildman–Crippen LogP) is 6.05. The van der Waals surface area contributed by atoms with Crippen LogP contribution in [0.5, 0.6) is 5.75 Å². The van der Waals surface area contributed by atoms with Crippen molar-refractivity contribution in [3.8, 4) is 28.8 Å². The van der Waals surface area contributed by atoms with Gasteiger partial charge in [-0.1, -0.05) is 17.7 Å². The molecule has 238 valence electrons. The van der Waals surface area contributed by atoms with Gasteiger partial charge in [-0.3, -0.25) is 4.79 Å². The number of hydrogen-bond acceptors (Lipinski definition) is 6. The van der Waals surface area contributed by atoms with Gasteiger partial charge in [-0.15, -0.1) is 0 Å². The first kappa shape index (κ1) is 33.0. The molecule has 0 saturated heterocycles. The molecule has 0 spiro atoms. The monoisotopic (exact) mass is 654 g/mol. The van der Waals surface area contributed by atoms with Crippen LogP contribution >= 0.6 is 11.6 Å². The number of carbonyl (C=O) groups is 1. The minimum Gasteiger partial charge on any atom is -0.455 e. The third kappa shape index (κ3) is 5.68. The number of amides is 1. The molecule has 1 unspecified atom stereocenters. The minimum absolute atomic E-state index is 0.00907. The Balaban J connectivity index is 1.80. The summed E-state index contributed by atoms with van der Waals surface area (Å²) >= 11 is 6.32. The molecule has 1 aromatic carbocycles. The molecule has 1 fully saturated rings. The number of aryl methyl sites for hydroxylation is 1. The lowest BCUT2D eigenvalue weighted by atomic mass is 9.99. The van der Waals surface area contributed by atoms with Crippen LogP contribution < -0.4 is 4.74 Å². The highest BCUT2D eigenvalue weighted by Gasteiger charge is 2.76. The van der Waals surface area contributed by atoms with Crippen molar-refractivity contribution in [3.63, 3.8) is 0 Å². The van der Waals surface area contributed by atoms with Crippen molar-refractivity contribution in [1.82, 2.24) is 24.5 Å². The van der Waals surface area contributed by atoms with E-state index in [0.29, 0.717) is 29.1 Å². The Hall–Kier alpha value is -3.91. The zero-order valence-corrected chi connectivity index (χ0v) is 23.9. The van der Waals surface area contributed by atoms with Gasteiger partial charge in [0, 0.05) is 39.4 Å². The summed E-state index contributed by atoms with van der Waals surface area (Å²) in [5, 5.41) is 16.7. The van der Waals surface area contributed by atoms with E-state index in [4.69, 9.17) is 16.3 Å². The van der Waals surface area contributed by atoms with Gasteiger partial charge in [0.25, 0.3) is 5.91 Å². The third-order valence-corrected chi connectivity index (χ3v) is 7.23. The number of rotatable bonds is 10. The number of carbonyl (C=O) groups excluding carboxylic acids is 1. The zero-order chi connectivity index (χ0) is 32.8. The van der Waals surface area contributed by atoms with Gasteiger partial charge in [-0.25, -0.2) is 18.1 Å². The summed E-state index contributed by atoms with van der Waals surface area (Å²) in [7, 11) is 2.31. The van der Waals surface area contributed by atoms with Gasteiger partial charge >= 0.3 is 18.0 Å². The van der Waals surface area contributed by atoms with Crippen molar-refractivity contribution < 1.29 is 49.4 Å². The largest absolute Gasteiger partial charge is 0.455 e. The molecule has 3 aromatic rings. The van der Waals surface area contributed by atoms with Gasteiger partial charge in [0.2, 0.25) is 6.36 Å². The zero-order valence-electron chi connectivity index (χ0n) is 23.1. The lowest BCUT2D eigenvalue weighted by molar-refractivity contribution is -0.350. The van der Waals surface area contributed by atoms with E-state index in [1.807, 2.05) is 0 Å². The maximum absolute atomic E-state index is 15.0. The van der Waals surface area contributed by atoms with Crippen molar-refractivity contribution >= 4 is 17.5 Å². The second-order valence-corrected chi connectivity index (χ2v) is 10.3. The molecular formula is C26H23ClF8N6O3. The fourth-order valence-electron chi connectivity index (χ4n) is 4.53. The number of aromatic nitrogens is 4. The summed E-state index contributed by atoms with van der Waals surface area (Å²) in [5.74, 6) is -2.82. The smallest absolute Gasteiger partial charge is 0.437 e. The van der Waals surface area contributed by atoms with Gasteiger partial charge in [0.15, 0.2) is 17.3 Å². The van der Waals surface area contributed by atoms with Crippen LogP contribution in [-0.4, -0.2) is 74.9 Å². The molecule has 1 atom stereocenters. The molecular weight excluding hydrogens is 632 g/mol. The first-order valence-electron chi connectivity index (χ1n) is 12.7. The molecule has 0 bridgehead atoms. The van der Waals surface area contributed by atoms with Crippen LogP contribution in [0.1, 0.15) is 35.8 Å². The molecule has 2 aromatic heterocycles. The lowest BCUT2D eigenvalue weighted by Gasteiger charge is -2.29. The van der Waals surface area contributed by atoms with Crippen LogP contribution in [0.4, 0.5) is 35.1 Å².